The summed E-state index contributed by atoms with van der Waals surface area (Å²) in [6.07, 6.45) is 3.45. The van der Waals surface area contributed by atoms with Crippen LogP contribution in [0.5, 0.6) is 0 Å². The summed E-state index contributed by atoms with van der Waals surface area (Å²) in [5.74, 6) is -0.971. The van der Waals surface area contributed by atoms with E-state index in [0.29, 0.717) is 29.2 Å². The topological polar surface area (TPSA) is 92.4 Å². The smallest absolute Gasteiger partial charge is 0.303 e. The molecule has 0 heterocycles. The lowest BCUT2D eigenvalue weighted by molar-refractivity contribution is -0.137. The van der Waals surface area contributed by atoms with Gasteiger partial charge in [-0.3, -0.25) is 9.59 Å². The Morgan fingerprint density at radius 3 is 2.50 bits per heavy atom. The van der Waals surface area contributed by atoms with E-state index < -0.39 is 5.97 Å². The second kappa shape index (κ2) is 8.43. The summed E-state index contributed by atoms with van der Waals surface area (Å²) >= 11 is 5.83. The number of unbranched alkanes of at least 4 members (excludes halogenated alkanes) is 3. The largest absolute Gasteiger partial charge is 0.481 e. The van der Waals surface area contributed by atoms with Crippen molar-refractivity contribution in [2.24, 2.45) is 0 Å². The number of hydrogen-bond donors (Lipinski definition) is 3. The van der Waals surface area contributed by atoms with Crippen molar-refractivity contribution in [2.75, 3.05) is 12.3 Å². The maximum Gasteiger partial charge on any atom is 0.303 e. The van der Waals surface area contributed by atoms with Gasteiger partial charge >= 0.3 is 5.97 Å². The van der Waals surface area contributed by atoms with Gasteiger partial charge in [-0.1, -0.05) is 24.4 Å². The molecule has 0 unspecified atom stereocenters. The SMILES string of the molecule is Nc1cc(Cl)cc(C(=O)NCCCCCCC(=O)O)c1. The number of carboxylic acid groups (broad SMARTS) is 1. The van der Waals surface area contributed by atoms with E-state index in [1.165, 1.54) is 0 Å². The number of nitrogen functional groups attached to an aromatic ring is 1. The maximum atomic E-state index is 11.8. The van der Waals surface area contributed by atoms with Gasteiger partial charge in [0, 0.05) is 29.2 Å². The van der Waals surface area contributed by atoms with Crippen molar-refractivity contribution in [1.82, 2.24) is 5.32 Å². The molecule has 0 radical (unpaired) electrons. The monoisotopic (exact) mass is 298 g/mol. The predicted octanol–water partition coefficient (Wildman–Crippen LogP) is 2.69. The highest BCUT2D eigenvalue weighted by atomic mass is 35.5. The summed E-state index contributed by atoms with van der Waals surface area (Å²) in [5.41, 5.74) is 6.52. The van der Waals surface area contributed by atoms with Crippen molar-refractivity contribution in [1.29, 1.82) is 0 Å². The zero-order valence-electron chi connectivity index (χ0n) is 11.2. The summed E-state index contributed by atoms with van der Waals surface area (Å²) in [6.45, 7) is 0.554. The Balaban J connectivity index is 2.21. The third-order valence-corrected chi connectivity index (χ3v) is 3.00. The van der Waals surface area contributed by atoms with Gasteiger partial charge in [0.25, 0.3) is 5.91 Å². The lowest BCUT2D eigenvalue weighted by atomic mass is 10.1. The Morgan fingerprint density at radius 2 is 1.85 bits per heavy atom. The standard InChI is InChI=1S/C14H19ClN2O3/c15-11-7-10(8-12(16)9-11)14(20)17-6-4-2-1-3-5-13(18)19/h7-9H,1-6,16H2,(H,17,20)(H,18,19). The lowest BCUT2D eigenvalue weighted by Gasteiger charge is -2.06. The summed E-state index contributed by atoms with van der Waals surface area (Å²) in [6, 6.07) is 4.73. The van der Waals surface area contributed by atoms with Gasteiger partial charge in [0.1, 0.15) is 0 Å². The van der Waals surface area contributed by atoms with Crippen molar-refractivity contribution in [2.45, 2.75) is 32.1 Å². The van der Waals surface area contributed by atoms with Crippen LogP contribution in [0.1, 0.15) is 42.5 Å². The summed E-state index contributed by atoms with van der Waals surface area (Å²) in [4.78, 5) is 22.1. The van der Waals surface area contributed by atoms with Crippen molar-refractivity contribution >= 4 is 29.2 Å². The van der Waals surface area contributed by atoms with E-state index in [1.807, 2.05) is 0 Å². The molecule has 0 fully saturated rings. The number of carbonyl (C=O) groups excluding carboxylic acids is 1. The highest BCUT2D eigenvalue weighted by Gasteiger charge is 2.06. The quantitative estimate of drug-likeness (QED) is 0.508. The highest BCUT2D eigenvalue weighted by Crippen LogP contribution is 2.16. The number of nitrogens with one attached hydrogen (secondary N) is 1. The molecule has 110 valence electrons. The minimum absolute atomic E-state index is 0.203. The maximum absolute atomic E-state index is 11.8. The third kappa shape index (κ3) is 6.43. The molecule has 0 aliphatic carbocycles. The average Bonchev–Trinajstić information content (AvgIpc) is 2.35. The fourth-order valence-corrected chi connectivity index (χ4v) is 2.05. The van der Waals surface area contributed by atoms with Crippen LogP contribution in [-0.4, -0.2) is 23.5 Å². The molecule has 1 amide bonds. The molecule has 4 N–H and O–H groups in total. The molecule has 0 atom stereocenters. The second-order valence-electron chi connectivity index (χ2n) is 4.59. The molecule has 1 rings (SSSR count). The molecule has 6 heteroatoms. The second-order valence-corrected chi connectivity index (χ2v) is 5.02. The molecule has 1 aromatic rings. The minimum Gasteiger partial charge on any atom is -0.481 e. The van der Waals surface area contributed by atoms with E-state index >= 15 is 0 Å². The van der Waals surface area contributed by atoms with E-state index in [0.717, 1.165) is 19.3 Å². The molecule has 0 aliphatic heterocycles. The van der Waals surface area contributed by atoms with Crippen LogP contribution in [0.3, 0.4) is 0 Å². The number of carboxylic acids is 1. The number of benzene rings is 1. The Kier molecular flexibility index (Phi) is 6.87. The summed E-state index contributed by atoms with van der Waals surface area (Å²) in [7, 11) is 0. The van der Waals surface area contributed by atoms with Crippen LogP contribution in [0.4, 0.5) is 5.69 Å². The molecule has 20 heavy (non-hydrogen) atoms. The molecule has 0 bridgehead atoms. The molecule has 0 saturated heterocycles. The van der Waals surface area contributed by atoms with Gasteiger partial charge in [-0.2, -0.15) is 0 Å². The van der Waals surface area contributed by atoms with Crippen LogP contribution in [0.15, 0.2) is 18.2 Å². The first-order valence-corrected chi connectivity index (χ1v) is 6.93. The van der Waals surface area contributed by atoms with Crippen molar-refractivity contribution in [3.8, 4) is 0 Å². The van der Waals surface area contributed by atoms with Crippen LogP contribution in [-0.2, 0) is 4.79 Å². The van der Waals surface area contributed by atoms with E-state index in [9.17, 15) is 9.59 Å². The molecule has 0 saturated carbocycles. The molecule has 0 spiro atoms. The average molecular weight is 299 g/mol. The first kappa shape index (κ1) is 16.3. The molecule has 0 aromatic heterocycles. The zero-order valence-corrected chi connectivity index (χ0v) is 11.9. The van der Waals surface area contributed by atoms with Crippen LogP contribution < -0.4 is 11.1 Å². The molecule has 5 nitrogen and oxygen atoms in total. The number of rotatable bonds is 8. The third-order valence-electron chi connectivity index (χ3n) is 2.79. The Bertz CT molecular complexity index is 457. The number of anilines is 1. The summed E-state index contributed by atoms with van der Waals surface area (Å²) in [5, 5.41) is 11.7. The van der Waals surface area contributed by atoms with E-state index in [1.54, 1.807) is 18.2 Å². The van der Waals surface area contributed by atoms with Gasteiger partial charge in [-0.05, 0) is 31.0 Å². The Hall–Kier alpha value is -1.75. The van der Waals surface area contributed by atoms with E-state index in [-0.39, 0.29) is 12.3 Å². The Morgan fingerprint density at radius 1 is 1.15 bits per heavy atom. The zero-order chi connectivity index (χ0) is 15.0. The fourth-order valence-electron chi connectivity index (χ4n) is 1.80. The number of carbonyl (C=O) groups is 2. The number of amides is 1. The normalized spacial score (nSPS) is 10.2. The van der Waals surface area contributed by atoms with Crippen molar-refractivity contribution in [3.63, 3.8) is 0 Å². The van der Waals surface area contributed by atoms with Crippen LogP contribution in [0, 0.1) is 0 Å². The van der Waals surface area contributed by atoms with E-state index in [2.05, 4.69) is 5.32 Å². The van der Waals surface area contributed by atoms with E-state index in [4.69, 9.17) is 22.4 Å². The van der Waals surface area contributed by atoms with Gasteiger partial charge in [0.2, 0.25) is 0 Å². The molecule has 0 aliphatic rings. The minimum atomic E-state index is -0.767. The van der Waals surface area contributed by atoms with Crippen molar-refractivity contribution in [3.05, 3.63) is 28.8 Å². The number of aliphatic carboxylic acids is 1. The number of hydrogen-bond acceptors (Lipinski definition) is 3. The summed E-state index contributed by atoms with van der Waals surface area (Å²) < 4.78 is 0. The number of halogens is 1. The van der Waals surface area contributed by atoms with Gasteiger partial charge < -0.3 is 16.2 Å². The van der Waals surface area contributed by atoms with Gasteiger partial charge in [0.15, 0.2) is 0 Å². The van der Waals surface area contributed by atoms with Crippen LogP contribution >= 0.6 is 11.6 Å². The van der Waals surface area contributed by atoms with Gasteiger partial charge in [0.05, 0.1) is 0 Å². The lowest BCUT2D eigenvalue weighted by Crippen LogP contribution is -2.24. The first-order chi connectivity index (χ1) is 9.49. The van der Waals surface area contributed by atoms with Gasteiger partial charge in [-0.25, -0.2) is 0 Å². The fraction of sp³-hybridized carbons (Fsp3) is 0.429. The van der Waals surface area contributed by atoms with Crippen LogP contribution in [0.25, 0.3) is 0 Å². The first-order valence-electron chi connectivity index (χ1n) is 6.55. The molecular formula is C14H19ClN2O3. The Labute approximate surface area is 123 Å². The molecule has 1 aromatic carbocycles. The number of nitrogens with two attached hydrogens (primary N) is 1. The van der Waals surface area contributed by atoms with Crippen molar-refractivity contribution < 1.29 is 14.7 Å². The predicted molar refractivity (Wildman–Crippen MR) is 78.9 cm³/mol. The van der Waals surface area contributed by atoms with Crippen LogP contribution in [0.2, 0.25) is 5.02 Å². The van der Waals surface area contributed by atoms with Gasteiger partial charge in [-0.15, -0.1) is 0 Å². The molecular weight excluding hydrogens is 280 g/mol. The highest BCUT2D eigenvalue weighted by molar-refractivity contribution is 6.31.